The van der Waals surface area contributed by atoms with Crippen LogP contribution in [0.15, 0.2) is 35.3 Å². The number of amides is 2. The number of nitrogens with two attached hydrogens (primary N) is 1. The van der Waals surface area contributed by atoms with Crippen LogP contribution in [0, 0.1) is 0 Å². The Morgan fingerprint density at radius 3 is 2.50 bits per heavy atom. The number of hydrogen-bond acceptors (Lipinski definition) is 5. The maximum absolute atomic E-state index is 12.2. The first-order chi connectivity index (χ1) is 12.5. The fraction of sp³-hybridized carbons (Fsp3) is 0.444. The van der Waals surface area contributed by atoms with Crippen LogP contribution in [0.2, 0.25) is 0 Å². The zero-order valence-corrected chi connectivity index (χ0v) is 15.2. The van der Waals surface area contributed by atoms with E-state index < -0.39 is 12.0 Å². The zero-order valence-electron chi connectivity index (χ0n) is 15.2. The van der Waals surface area contributed by atoms with Crippen LogP contribution in [0.4, 0.5) is 0 Å². The first-order valence-electron chi connectivity index (χ1n) is 8.60. The molecular weight excluding hydrogens is 336 g/mol. The normalized spacial score (nSPS) is 12.2. The summed E-state index contributed by atoms with van der Waals surface area (Å²) < 4.78 is 5.01. The van der Waals surface area contributed by atoms with Gasteiger partial charge in [0.15, 0.2) is 5.96 Å². The Labute approximate surface area is 153 Å². The summed E-state index contributed by atoms with van der Waals surface area (Å²) in [7, 11) is 0. The zero-order chi connectivity index (χ0) is 19.4. The first kappa shape index (κ1) is 21.1. The molecule has 1 atom stereocenters. The number of benzene rings is 1. The van der Waals surface area contributed by atoms with Crippen molar-refractivity contribution >= 4 is 23.7 Å². The minimum atomic E-state index is -0.774. The topological polar surface area (TPSA) is 123 Å². The predicted octanol–water partition coefficient (Wildman–Crippen LogP) is 0.969. The van der Waals surface area contributed by atoms with Gasteiger partial charge in [0, 0.05) is 18.5 Å². The van der Waals surface area contributed by atoms with Gasteiger partial charge in [0.05, 0.1) is 6.61 Å². The fourth-order valence-corrected chi connectivity index (χ4v) is 2.09. The molecule has 26 heavy (non-hydrogen) atoms. The molecule has 0 heterocycles. The van der Waals surface area contributed by atoms with Gasteiger partial charge in [-0.3, -0.25) is 19.9 Å². The van der Waals surface area contributed by atoms with Crippen LogP contribution >= 0.6 is 0 Å². The molecule has 0 fully saturated rings. The Balaban J connectivity index is 2.58. The molecule has 1 aromatic rings. The number of esters is 1. The van der Waals surface area contributed by atoms with Crippen LogP contribution in [0.3, 0.4) is 0 Å². The molecule has 0 spiro atoms. The Hall–Kier alpha value is -2.90. The van der Waals surface area contributed by atoms with Crippen molar-refractivity contribution in [1.29, 1.82) is 0 Å². The molecule has 1 aromatic carbocycles. The maximum Gasteiger partial charge on any atom is 0.328 e. The average Bonchev–Trinajstić information content (AvgIpc) is 2.64. The lowest BCUT2D eigenvalue weighted by atomic mass is 10.1. The molecule has 0 aromatic heterocycles. The highest BCUT2D eigenvalue weighted by atomic mass is 16.5. The summed E-state index contributed by atoms with van der Waals surface area (Å²) in [5, 5.41) is 5.13. The molecule has 0 saturated heterocycles. The Kier molecular flexibility index (Phi) is 9.45. The number of carbonyl (C=O) groups is 3. The highest BCUT2D eigenvalue weighted by molar-refractivity contribution is 5.97. The van der Waals surface area contributed by atoms with Crippen LogP contribution in [0.1, 0.15) is 43.5 Å². The van der Waals surface area contributed by atoms with E-state index in [1.165, 1.54) is 0 Å². The molecule has 0 aliphatic carbocycles. The van der Waals surface area contributed by atoms with E-state index in [1.54, 1.807) is 44.2 Å². The molecule has 2 amide bonds. The number of aliphatic imine (C=N–C) groups is 1. The molecule has 0 aliphatic rings. The summed E-state index contributed by atoms with van der Waals surface area (Å²) in [4.78, 5) is 39.5. The maximum atomic E-state index is 12.2. The quantitative estimate of drug-likeness (QED) is 0.261. The van der Waals surface area contributed by atoms with Gasteiger partial charge in [0.2, 0.25) is 5.91 Å². The predicted molar refractivity (Wildman–Crippen MR) is 98.5 cm³/mol. The summed E-state index contributed by atoms with van der Waals surface area (Å²) >= 11 is 0. The van der Waals surface area contributed by atoms with E-state index in [1.807, 2.05) is 0 Å². The standard InChI is InChI=1S/C18H26N4O4/c1-3-15(23)22-18(19)20-12-8-11-14(17(25)26-4-2)21-16(24)13-9-6-5-7-10-13/h5-7,9-10,14H,3-4,8,11-12H2,1-2H3,(H,21,24)(H3,19,20,22,23)/t14-/m0/s1. The molecule has 0 saturated carbocycles. The van der Waals surface area contributed by atoms with Crippen molar-refractivity contribution in [3.63, 3.8) is 0 Å². The van der Waals surface area contributed by atoms with E-state index in [0.717, 1.165) is 0 Å². The van der Waals surface area contributed by atoms with Crippen molar-refractivity contribution in [1.82, 2.24) is 10.6 Å². The Morgan fingerprint density at radius 2 is 1.88 bits per heavy atom. The molecule has 0 bridgehead atoms. The lowest BCUT2D eigenvalue weighted by Gasteiger charge is -2.17. The Morgan fingerprint density at radius 1 is 1.19 bits per heavy atom. The molecule has 0 unspecified atom stereocenters. The number of carbonyl (C=O) groups excluding carboxylic acids is 3. The van der Waals surface area contributed by atoms with E-state index in [9.17, 15) is 14.4 Å². The van der Waals surface area contributed by atoms with Crippen molar-refractivity contribution < 1.29 is 19.1 Å². The number of nitrogens with one attached hydrogen (secondary N) is 2. The lowest BCUT2D eigenvalue weighted by Crippen LogP contribution is -2.42. The monoisotopic (exact) mass is 362 g/mol. The molecule has 4 N–H and O–H groups in total. The van der Waals surface area contributed by atoms with Crippen LogP contribution in [-0.4, -0.2) is 42.9 Å². The van der Waals surface area contributed by atoms with Crippen LogP contribution in [-0.2, 0) is 14.3 Å². The van der Waals surface area contributed by atoms with Gasteiger partial charge in [-0.2, -0.15) is 0 Å². The largest absolute Gasteiger partial charge is 0.464 e. The Bertz CT molecular complexity index is 631. The van der Waals surface area contributed by atoms with Gasteiger partial charge in [-0.05, 0) is 31.9 Å². The summed E-state index contributed by atoms with van der Waals surface area (Å²) in [6, 6.07) is 7.86. The molecule has 8 nitrogen and oxygen atoms in total. The van der Waals surface area contributed by atoms with Gasteiger partial charge < -0.3 is 15.8 Å². The van der Waals surface area contributed by atoms with E-state index in [4.69, 9.17) is 10.5 Å². The van der Waals surface area contributed by atoms with Crippen LogP contribution < -0.4 is 16.4 Å². The smallest absolute Gasteiger partial charge is 0.328 e. The van der Waals surface area contributed by atoms with Gasteiger partial charge in [-0.15, -0.1) is 0 Å². The highest BCUT2D eigenvalue weighted by Gasteiger charge is 2.22. The molecular formula is C18H26N4O4. The second-order valence-electron chi connectivity index (χ2n) is 5.46. The number of rotatable bonds is 9. The van der Waals surface area contributed by atoms with E-state index >= 15 is 0 Å². The van der Waals surface area contributed by atoms with Gasteiger partial charge in [0.1, 0.15) is 6.04 Å². The SMILES string of the molecule is CCOC(=O)[C@H](CCCN=C(N)NC(=O)CC)NC(=O)c1ccccc1. The van der Waals surface area contributed by atoms with E-state index in [2.05, 4.69) is 15.6 Å². The minimum absolute atomic E-state index is 0.0397. The van der Waals surface area contributed by atoms with Crippen LogP contribution in [0.25, 0.3) is 0 Å². The van der Waals surface area contributed by atoms with E-state index in [-0.39, 0.29) is 24.4 Å². The van der Waals surface area contributed by atoms with E-state index in [0.29, 0.717) is 31.4 Å². The second kappa shape index (κ2) is 11.6. The van der Waals surface area contributed by atoms with Gasteiger partial charge in [-0.1, -0.05) is 25.1 Å². The van der Waals surface area contributed by atoms with Crippen molar-refractivity contribution in [2.45, 2.75) is 39.2 Å². The third-order valence-electron chi connectivity index (χ3n) is 3.43. The van der Waals surface area contributed by atoms with Crippen LogP contribution in [0.5, 0.6) is 0 Å². The molecule has 0 radical (unpaired) electrons. The third-order valence-corrected chi connectivity index (χ3v) is 3.43. The first-order valence-corrected chi connectivity index (χ1v) is 8.60. The number of ether oxygens (including phenoxy) is 1. The molecule has 1 rings (SSSR count). The van der Waals surface area contributed by atoms with Gasteiger partial charge >= 0.3 is 5.97 Å². The van der Waals surface area contributed by atoms with Crippen molar-refractivity contribution in [3.05, 3.63) is 35.9 Å². The van der Waals surface area contributed by atoms with Crippen molar-refractivity contribution in [2.24, 2.45) is 10.7 Å². The minimum Gasteiger partial charge on any atom is -0.464 e. The summed E-state index contributed by atoms with van der Waals surface area (Å²) in [6.07, 6.45) is 1.14. The third kappa shape index (κ3) is 7.78. The molecule has 8 heteroatoms. The lowest BCUT2D eigenvalue weighted by molar-refractivity contribution is -0.145. The number of hydrogen-bond donors (Lipinski definition) is 3. The summed E-state index contributed by atoms with van der Waals surface area (Å²) in [6.45, 7) is 3.95. The fourth-order valence-electron chi connectivity index (χ4n) is 2.09. The molecule has 0 aliphatic heterocycles. The van der Waals surface area contributed by atoms with Gasteiger partial charge in [0.25, 0.3) is 5.91 Å². The van der Waals surface area contributed by atoms with Crippen molar-refractivity contribution in [3.8, 4) is 0 Å². The summed E-state index contributed by atoms with van der Waals surface area (Å²) in [5.74, 6) is -1.02. The van der Waals surface area contributed by atoms with Crippen molar-refractivity contribution in [2.75, 3.05) is 13.2 Å². The number of guanidine groups is 1. The second-order valence-corrected chi connectivity index (χ2v) is 5.46. The molecule has 142 valence electrons. The number of nitrogens with zero attached hydrogens (tertiary/aromatic N) is 1. The van der Waals surface area contributed by atoms with Gasteiger partial charge in [-0.25, -0.2) is 4.79 Å². The summed E-state index contributed by atoms with van der Waals surface area (Å²) in [5.41, 5.74) is 6.05. The average molecular weight is 362 g/mol. The highest BCUT2D eigenvalue weighted by Crippen LogP contribution is 2.05.